The molecule has 0 unspecified atom stereocenters. The number of nitrogens with one attached hydrogen (secondary N) is 2. The standard InChI is InChI=1S/C17H17F3N2OS/c1-10-7-11(2)15(12(3)8-10)22-16(24)21-13-5-4-6-14(9-13)23-17(18,19)20/h4-9H,1-3H3,(H2,21,22,24). The fraction of sp³-hybridized carbons (Fsp3) is 0.235. The van der Waals surface area contributed by atoms with Crippen molar-refractivity contribution in [1.82, 2.24) is 0 Å². The first kappa shape index (κ1) is 18.1. The molecule has 0 saturated heterocycles. The number of hydrogen-bond acceptors (Lipinski definition) is 2. The number of halogens is 3. The van der Waals surface area contributed by atoms with E-state index in [1.807, 2.05) is 32.9 Å². The Morgan fingerprint density at radius 1 is 1.00 bits per heavy atom. The van der Waals surface area contributed by atoms with Crippen LogP contribution in [-0.4, -0.2) is 11.5 Å². The topological polar surface area (TPSA) is 33.3 Å². The minimum Gasteiger partial charge on any atom is -0.406 e. The molecule has 7 heteroatoms. The van der Waals surface area contributed by atoms with E-state index in [-0.39, 0.29) is 10.9 Å². The van der Waals surface area contributed by atoms with Crippen LogP contribution >= 0.6 is 12.2 Å². The smallest absolute Gasteiger partial charge is 0.406 e. The number of ether oxygens (including phenoxy) is 1. The third-order valence-corrected chi connectivity index (χ3v) is 3.45. The van der Waals surface area contributed by atoms with Gasteiger partial charge in [0.05, 0.1) is 0 Å². The van der Waals surface area contributed by atoms with Gasteiger partial charge in [-0.15, -0.1) is 13.2 Å². The van der Waals surface area contributed by atoms with E-state index in [1.165, 1.54) is 18.2 Å². The average molecular weight is 354 g/mol. The third-order valence-electron chi connectivity index (χ3n) is 3.24. The summed E-state index contributed by atoms with van der Waals surface area (Å²) in [7, 11) is 0. The van der Waals surface area contributed by atoms with Gasteiger partial charge >= 0.3 is 6.36 Å². The second kappa shape index (κ2) is 7.09. The van der Waals surface area contributed by atoms with Gasteiger partial charge in [-0.3, -0.25) is 0 Å². The molecular weight excluding hydrogens is 337 g/mol. The van der Waals surface area contributed by atoms with Crippen LogP contribution in [0.25, 0.3) is 0 Å². The van der Waals surface area contributed by atoms with E-state index in [0.29, 0.717) is 5.69 Å². The second-order valence-corrected chi connectivity index (χ2v) is 5.84. The second-order valence-electron chi connectivity index (χ2n) is 5.43. The van der Waals surface area contributed by atoms with E-state index < -0.39 is 6.36 Å². The first-order chi connectivity index (χ1) is 11.1. The van der Waals surface area contributed by atoms with Gasteiger partial charge < -0.3 is 15.4 Å². The summed E-state index contributed by atoms with van der Waals surface area (Å²) in [4.78, 5) is 0. The SMILES string of the molecule is Cc1cc(C)c(NC(=S)Nc2cccc(OC(F)(F)F)c2)c(C)c1. The number of benzene rings is 2. The highest BCUT2D eigenvalue weighted by Crippen LogP contribution is 2.26. The van der Waals surface area contributed by atoms with E-state index in [1.54, 1.807) is 6.07 Å². The van der Waals surface area contributed by atoms with Gasteiger partial charge in [-0.05, 0) is 56.2 Å². The summed E-state index contributed by atoms with van der Waals surface area (Å²) in [5.41, 5.74) is 4.49. The molecule has 0 atom stereocenters. The predicted molar refractivity (Wildman–Crippen MR) is 93.6 cm³/mol. The lowest BCUT2D eigenvalue weighted by Gasteiger charge is -2.16. The normalized spacial score (nSPS) is 11.1. The molecule has 0 heterocycles. The Kier molecular flexibility index (Phi) is 5.33. The summed E-state index contributed by atoms with van der Waals surface area (Å²) in [6.45, 7) is 5.93. The Bertz CT molecular complexity index is 737. The van der Waals surface area contributed by atoms with Crippen molar-refractivity contribution in [3.05, 3.63) is 53.1 Å². The van der Waals surface area contributed by atoms with Gasteiger partial charge in [0.2, 0.25) is 0 Å². The highest BCUT2D eigenvalue weighted by atomic mass is 32.1. The van der Waals surface area contributed by atoms with Gasteiger partial charge in [0.25, 0.3) is 0 Å². The van der Waals surface area contributed by atoms with Crippen molar-refractivity contribution in [3.8, 4) is 5.75 Å². The summed E-state index contributed by atoms with van der Waals surface area (Å²) in [6.07, 6.45) is -4.73. The fourth-order valence-electron chi connectivity index (χ4n) is 2.42. The summed E-state index contributed by atoms with van der Waals surface area (Å²) >= 11 is 5.24. The Morgan fingerprint density at radius 3 is 2.21 bits per heavy atom. The van der Waals surface area contributed by atoms with Crippen molar-refractivity contribution in [1.29, 1.82) is 0 Å². The number of anilines is 2. The Balaban J connectivity index is 2.09. The van der Waals surface area contributed by atoms with Gasteiger partial charge in [-0.1, -0.05) is 23.8 Å². The molecule has 0 aliphatic carbocycles. The molecular formula is C17H17F3N2OS. The van der Waals surface area contributed by atoms with Crippen LogP contribution in [-0.2, 0) is 0 Å². The average Bonchev–Trinajstić information content (AvgIpc) is 2.41. The fourth-order valence-corrected chi connectivity index (χ4v) is 2.64. The highest BCUT2D eigenvalue weighted by molar-refractivity contribution is 7.80. The number of aryl methyl sites for hydroxylation is 3. The zero-order chi connectivity index (χ0) is 17.9. The van der Waals surface area contributed by atoms with Crippen LogP contribution in [0.5, 0.6) is 5.75 Å². The molecule has 0 aliphatic heterocycles. The molecule has 0 aliphatic rings. The number of rotatable bonds is 3. The number of thiocarbonyl (C=S) groups is 1. The van der Waals surface area contributed by atoms with Crippen LogP contribution in [0.1, 0.15) is 16.7 Å². The molecule has 0 amide bonds. The Morgan fingerprint density at radius 2 is 1.62 bits per heavy atom. The Hall–Kier alpha value is -2.28. The molecule has 128 valence electrons. The van der Waals surface area contributed by atoms with Gasteiger partial charge in [0, 0.05) is 17.4 Å². The van der Waals surface area contributed by atoms with Gasteiger partial charge in [0.1, 0.15) is 5.75 Å². The molecule has 3 nitrogen and oxygen atoms in total. The van der Waals surface area contributed by atoms with Crippen LogP contribution in [0.2, 0.25) is 0 Å². The molecule has 2 aromatic rings. The zero-order valence-electron chi connectivity index (χ0n) is 13.4. The van der Waals surface area contributed by atoms with Crippen molar-refractivity contribution >= 4 is 28.7 Å². The van der Waals surface area contributed by atoms with E-state index in [0.717, 1.165) is 22.4 Å². The molecule has 2 rings (SSSR count). The van der Waals surface area contributed by atoms with Crippen molar-refractivity contribution in [2.24, 2.45) is 0 Å². The lowest BCUT2D eigenvalue weighted by Crippen LogP contribution is -2.21. The first-order valence-corrected chi connectivity index (χ1v) is 7.56. The molecule has 2 N–H and O–H groups in total. The third kappa shape index (κ3) is 5.13. The summed E-state index contributed by atoms with van der Waals surface area (Å²) in [5.74, 6) is -0.307. The maximum atomic E-state index is 12.3. The van der Waals surface area contributed by atoms with Gasteiger partial charge in [0.15, 0.2) is 5.11 Å². The molecule has 0 aromatic heterocycles. The van der Waals surface area contributed by atoms with Crippen LogP contribution < -0.4 is 15.4 Å². The lowest BCUT2D eigenvalue weighted by atomic mass is 10.1. The van der Waals surface area contributed by atoms with Crippen molar-refractivity contribution in [2.75, 3.05) is 10.6 Å². The molecule has 2 aromatic carbocycles. The van der Waals surface area contributed by atoms with E-state index in [4.69, 9.17) is 12.2 Å². The lowest BCUT2D eigenvalue weighted by molar-refractivity contribution is -0.274. The maximum absolute atomic E-state index is 12.3. The van der Waals surface area contributed by atoms with Crippen LogP contribution in [0.4, 0.5) is 24.5 Å². The van der Waals surface area contributed by atoms with Crippen molar-refractivity contribution in [2.45, 2.75) is 27.1 Å². The molecule has 0 spiro atoms. The van der Waals surface area contributed by atoms with Gasteiger partial charge in [-0.25, -0.2) is 0 Å². The maximum Gasteiger partial charge on any atom is 0.573 e. The van der Waals surface area contributed by atoms with E-state index >= 15 is 0 Å². The highest BCUT2D eigenvalue weighted by Gasteiger charge is 2.31. The molecule has 0 bridgehead atoms. The number of hydrogen-bond donors (Lipinski definition) is 2. The Labute approximate surface area is 143 Å². The van der Waals surface area contributed by atoms with Crippen LogP contribution in [0.3, 0.4) is 0 Å². The monoisotopic (exact) mass is 354 g/mol. The summed E-state index contributed by atoms with van der Waals surface area (Å²) in [6, 6.07) is 9.56. The van der Waals surface area contributed by atoms with Crippen molar-refractivity contribution < 1.29 is 17.9 Å². The quantitative estimate of drug-likeness (QED) is 0.731. The first-order valence-electron chi connectivity index (χ1n) is 7.16. The molecule has 0 saturated carbocycles. The molecule has 0 radical (unpaired) electrons. The zero-order valence-corrected chi connectivity index (χ0v) is 14.2. The number of alkyl halides is 3. The van der Waals surface area contributed by atoms with E-state index in [2.05, 4.69) is 15.4 Å². The van der Waals surface area contributed by atoms with Crippen molar-refractivity contribution in [3.63, 3.8) is 0 Å². The predicted octanol–water partition coefficient (Wildman–Crippen LogP) is 5.32. The summed E-state index contributed by atoms with van der Waals surface area (Å²) in [5, 5.41) is 6.22. The molecule has 24 heavy (non-hydrogen) atoms. The van der Waals surface area contributed by atoms with Crippen LogP contribution in [0, 0.1) is 20.8 Å². The largest absolute Gasteiger partial charge is 0.573 e. The van der Waals surface area contributed by atoms with Gasteiger partial charge in [-0.2, -0.15) is 0 Å². The minimum absolute atomic E-state index is 0.286. The minimum atomic E-state index is -4.73. The van der Waals surface area contributed by atoms with E-state index in [9.17, 15) is 13.2 Å². The van der Waals surface area contributed by atoms with Crippen LogP contribution in [0.15, 0.2) is 36.4 Å². The molecule has 0 fully saturated rings. The summed E-state index contributed by atoms with van der Waals surface area (Å²) < 4.78 is 40.7.